The molecule has 0 bridgehead atoms. The van der Waals surface area contributed by atoms with Gasteiger partial charge in [0.1, 0.15) is 5.82 Å². The number of benzene rings is 1. The van der Waals surface area contributed by atoms with Crippen LogP contribution >= 0.6 is 0 Å². The minimum absolute atomic E-state index is 0.00502. The Kier molecular flexibility index (Phi) is 4.51. The van der Waals surface area contributed by atoms with E-state index in [1.165, 1.54) is 0 Å². The Morgan fingerprint density at radius 3 is 2.47 bits per heavy atom. The molecule has 0 saturated heterocycles. The molecular weight excluding hydrogens is 233 g/mol. The molecule has 3 nitrogen and oxygen atoms in total. The molecular formula is C11H13F3N2O. The van der Waals surface area contributed by atoms with Crippen LogP contribution in [-0.2, 0) is 4.79 Å². The Balaban J connectivity index is 2.75. The van der Waals surface area contributed by atoms with Gasteiger partial charge in [0.25, 0.3) is 0 Å². The highest BCUT2D eigenvalue weighted by molar-refractivity contribution is 5.91. The van der Waals surface area contributed by atoms with Crippen LogP contribution in [0.5, 0.6) is 0 Å². The van der Waals surface area contributed by atoms with Gasteiger partial charge in [-0.3, -0.25) is 4.79 Å². The number of anilines is 1. The molecule has 0 aliphatic heterocycles. The van der Waals surface area contributed by atoms with Gasteiger partial charge in [-0.1, -0.05) is 6.92 Å². The molecule has 0 radical (unpaired) electrons. The van der Waals surface area contributed by atoms with Crippen molar-refractivity contribution in [1.82, 2.24) is 0 Å². The summed E-state index contributed by atoms with van der Waals surface area (Å²) in [6.45, 7) is 1.80. The Morgan fingerprint density at radius 2 is 1.88 bits per heavy atom. The van der Waals surface area contributed by atoms with Crippen LogP contribution in [-0.4, -0.2) is 11.9 Å². The first-order chi connectivity index (χ1) is 7.93. The molecule has 0 saturated carbocycles. The molecule has 0 fully saturated rings. The van der Waals surface area contributed by atoms with Crippen molar-refractivity contribution in [2.45, 2.75) is 25.8 Å². The average Bonchev–Trinajstić information content (AvgIpc) is 2.25. The number of halogens is 3. The fourth-order valence-corrected chi connectivity index (χ4v) is 1.20. The lowest BCUT2D eigenvalue weighted by atomic mass is 10.1. The lowest BCUT2D eigenvalue weighted by molar-refractivity contribution is -0.116. The van der Waals surface area contributed by atoms with Crippen molar-refractivity contribution in [2.24, 2.45) is 5.73 Å². The first kappa shape index (κ1) is 13.5. The van der Waals surface area contributed by atoms with Crippen molar-refractivity contribution in [3.05, 3.63) is 29.6 Å². The normalized spacial score (nSPS) is 12.3. The highest BCUT2D eigenvalue weighted by Gasteiger charge is 2.13. The van der Waals surface area contributed by atoms with Crippen molar-refractivity contribution in [3.63, 3.8) is 0 Å². The largest absolute Gasteiger partial charge is 0.327 e. The van der Waals surface area contributed by atoms with Crippen molar-refractivity contribution in [3.8, 4) is 0 Å². The van der Waals surface area contributed by atoms with Gasteiger partial charge in [0.2, 0.25) is 5.91 Å². The van der Waals surface area contributed by atoms with Crippen LogP contribution in [0.25, 0.3) is 0 Å². The maximum Gasteiger partial charge on any atom is 0.226 e. The molecule has 0 aliphatic carbocycles. The molecule has 1 atom stereocenters. The molecule has 1 unspecified atom stereocenters. The van der Waals surface area contributed by atoms with Gasteiger partial charge in [-0.05, 0) is 6.42 Å². The van der Waals surface area contributed by atoms with Crippen LogP contribution in [0.1, 0.15) is 19.8 Å². The zero-order valence-corrected chi connectivity index (χ0v) is 9.27. The van der Waals surface area contributed by atoms with E-state index in [1.807, 2.05) is 0 Å². The van der Waals surface area contributed by atoms with E-state index >= 15 is 0 Å². The predicted octanol–water partition coefficient (Wildman–Crippen LogP) is 2.17. The second kappa shape index (κ2) is 5.67. The summed E-state index contributed by atoms with van der Waals surface area (Å²) in [6.07, 6.45) is 0.586. The number of amides is 1. The highest BCUT2D eigenvalue weighted by atomic mass is 19.2. The van der Waals surface area contributed by atoms with Gasteiger partial charge in [-0.15, -0.1) is 0 Å². The lowest BCUT2D eigenvalue weighted by Crippen LogP contribution is -2.26. The zero-order chi connectivity index (χ0) is 13.0. The molecule has 0 spiro atoms. The van der Waals surface area contributed by atoms with E-state index in [1.54, 1.807) is 6.92 Å². The van der Waals surface area contributed by atoms with Crippen molar-refractivity contribution < 1.29 is 18.0 Å². The second-order valence-electron chi connectivity index (χ2n) is 3.67. The summed E-state index contributed by atoms with van der Waals surface area (Å²) < 4.78 is 38.6. The van der Waals surface area contributed by atoms with Gasteiger partial charge in [0.05, 0.1) is 5.69 Å². The molecule has 6 heteroatoms. The smallest absolute Gasteiger partial charge is 0.226 e. The van der Waals surface area contributed by atoms with Crippen LogP contribution in [0.2, 0.25) is 0 Å². The van der Waals surface area contributed by atoms with Crippen LogP contribution < -0.4 is 11.1 Å². The summed E-state index contributed by atoms with van der Waals surface area (Å²) in [4.78, 5) is 11.4. The van der Waals surface area contributed by atoms with Crippen molar-refractivity contribution in [2.75, 3.05) is 5.32 Å². The third kappa shape index (κ3) is 3.74. The Morgan fingerprint density at radius 1 is 1.29 bits per heavy atom. The first-order valence-electron chi connectivity index (χ1n) is 5.14. The molecule has 1 aromatic rings. The third-order valence-corrected chi connectivity index (χ3v) is 2.26. The van der Waals surface area contributed by atoms with E-state index in [2.05, 4.69) is 5.32 Å². The quantitative estimate of drug-likeness (QED) is 0.800. The number of hydrogen-bond donors (Lipinski definition) is 2. The van der Waals surface area contributed by atoms with Crippen LogP contribution in [0.4, 0.5) is 18.9 Å². The fraction of sp³-hybridized carbons (Fsp3) is 0.364. The molecule has 1 amide bonds. The predicted molar refractivity (Wildman–Crippen MR) is 57.8 cm³/mol. The molecule has 94 valence electrons. The monoisotopic (exact) mass is 246 g/mol. The summed E-state index contributed by atoms with van der Waals surface area (Å²) in [5, 5.41) is 2.14. The number of nitrogens with one attached hydrogen (secondary N) is 1. The SMILES string of the molecule is CCC(N)CC(=O)Nc1cc(F)c(F)cc1F. The Hall–Kier alpha value is -1.56. The maximum atomic E-state index is 13.2. The van der Waals surface area contributed by atoms with Crippen LogP contribution in [0.15, 0.2) is 12.1 Å². The number of carbonyl (C=O) groups is 1. The standard InChI is InChI=1S/C11H13F3N2O/c1-2-6(15)3-11(17)16-10-5-8(13)7(12)4-9(10)14/h4-6H,2-3,15H2,1H3,(H,16,17). The Bertz CT molecular complexity index is 423. The van der Waals surface area contributed by atoms with Gasteiger partial charge in [-0.2, -0.15) is 0 Å². The van der Waals surface area contributed by atoms with Gasteiger partial charge in [0.15, 0.2) is 11.6 Å². The molecule has 0 aliphatic rings. The number of nitrogens with two attached hydrogens (primary N) is 1. The summed E-state index contributed by atoms with van der Waals surface area (Å²) in [5.74, 6) is -4.08. The van der Waals surface area contributed by atoms with Crippen molar-refractivity contribution >= 4 is 11.6 Å². The number of hydrogen-bond acceptors (Lipinski definition) is 2. The van der Waals surface area contributed by atoms with E-state index in [0.29, 0.717) is 18.6 Å². The van der Waals surface area contributed by atoms with Gasteiger partial charge in [0, 0.05) is 24.6 Å². The van der Waals surface area contributed by atoms with E-state index in [9.17, 15) is 18.0 Å². The Labute approximate surface area is 96.8 Å². The van der Waals surface area contributed by atoms with E-state index in [-0.39, 0.29) is 12.5 Å². The molecule has 3 N–H and O–H groups in total. The summed E-state index contributed by atoms with van der Waals surface area (Å²) >= 11 is 0. The summed E-state index contributed by atoms with van der Waals surface area (Å²) in [6, 6.07) is 0.633. The number of carbonyl (C=O) groups excluding carboxylic acids is 1. The number of rotatable bonds is 4. The molecule has 1 aromatic carbocycles. The van der Waals surface area contributed by atoms with Gasteiger partial charge < -0.3 is 11.1 Å². The van der Waals surface area contributed by atoms with E-state index in [4.69, 9.17) is 5.73 Å². The summed E-state index contributed by atoms with van der Waals surface area (Å²) in [5.41, 5.74) is 5.14. The average molecular weight is 246 g/mol. The van der Waals surface area contributed by atoms with Gasteiger partial charge >= 0.3 is 0 Å². The maximum absolute atomic E-state index is 13.2. The molecule has 0 heterocycles. The van der Waals surface area contributed by atoms with Crippen LogP contribution in [0.3, 0.4) is 0 Å². The molecule has 17 heavy (non-hydrogen) atoms. The highest BCUT2D eigenvalue weighted by Crippen LogP contribution is 2.18. The van der Waals surface area contributed by atoms with Crippen LogP contribution in [0, 0.1) is 17.5 Å². The van der Waals surface area contributed by atoms with Crippen molar-refractivity contribution in [1.29, 1.82) is 0 Å². The topological polar surface area (TPSA) is 55.1 Å². The minimum atomic E-state index is -1.30. The van der Waals surface area contributed by atoms with E-state index < -0.39 is 29.0 Å². The zero-order valence-electron chi connectivity index (χ0n) is 9.27. The molecule has 0 aromatic heterocycles. The third-order valence-electron chi connectivity index (χ3n) is 2.26. The van der Waals surface area contributed by atoms with E-state index in [0.717, 1.165) is 0 Å². The minimum Gasteiger partial charge on any atom is -0.327 e. The first-order valence-corrected chi connectivity index (χ1v) is 5.14. The second-order valence-corrected chi connectivity index (χ2v) is 3.67. The van der Waals surface area contributed by atoms with Gasteiger partial charge in [-0.25, -0.2) is 13.2 Å². The lowest BCUT2D eigenvalue weighted by Gasteiger charge is -2.10. The molecule has 1 rings (SSSR count). The fourth-order valence-electron chi connectivity index (χ4n) is 1.20. The summed E-state index contributed by atoms with van der Waals surface area (Å²) in [7, 11) is 0.